The summed E-state index contributed by atoms with van der Waals surface area (Å²) in [6.07, 6.45) is 5.16. The normalized spacial score (nSPS) is 21.5. The van der Waals surface area contributed by atoms with Gasteiger partial charge in [0.25, 0.3) is 5.91 Å². The van der Waals surface area contributed by atoms with Gasteiger partial charge in [0.05, 0.1) is 18.6 Å². The van der Waals surface area contributed by atoms with Crippen molar-refractivity contribution in [3.8, 4) is 11.5 Å². The molecule has 1 saturated heterocycles. The smallest absolute Gasteiger partial charge is 0.342 e. The van der Waals surface area contributed by atoms with Gasteiger partial charge in [-0.3, -0.25) is 4.79 Å². The second-order valence-electron chi connectivity index (χ2n) is 7.61. The summed E-state index contributed by atoms with van der Waals surface area (Å²) in [5.41, 5.74) is -0.0636. The Balaban J connectivity index is 1.68. The monoisotopic (exact) mass is 425 g/mol. The largest absolute Gasteiger partial charge is 0.507 e. The average molecular weight is 426 g/mol. The summed E-state index contributed by atoms with van der Waals surface area (Å²) in [6.45, 7) is -0.489. The third kappa shape index (κ3) is 5.20. The van der Waals surface area contributed by atoms with Crippen molar-refractivity contribution in [2.75, 3.05) is 25.2 Å². The molecule has 2 fully saturated rings. The molecule has 1 aliphatic heterocycles. The molecule has 1 amide bonds. The maximum Gasteiger partial charge on any atom is 0.342 e. The summed E-state index contributed by atoms with van der Waals surface area (Å²) in [6, 6.07) is 3.77. The molecule has 1 saturated carbocycles. The Labute approximate surface area is 170 Å². The van der Waals surface area contributed by atoms with E-state index in [9.17, 15) is 23.1 Å². The molecule has 1 aromatic rings. The number of rotatable bonds is 6. The lowest BCUT2D eigenvalue weighted by molar-refractivity contribution is -0.140. The summed E-state index contributed by atoms with van der Waals surface area (Å²) in [4.78, 5) is 26.9. The molecule has 1 aromatic carbocycles. The number of hydrogen-bond acceptors (Lipinski definition) is 7. The number of esters is 1. The van der Waals surface area contributed by atoms with E-state index in [2.05, 4.69) is 0 Å². The van der Waals surface area contributed by atoms with Crippen molar-refractivity contribution in [1.82, 2.24) is 4.90 Å². The maximum atomic E-state index is 12.9. The van der Waals surface area contributed by atoms with Crippen LogP contribution in [0.3, 0.4) is 0 Å². The Kier molecular flexibility index (Phi) is 6.66. The Morgan fingerprint density at radius 3 is 2.45 bits per heavy atom. The highest BCUT2D eigenvalue weighted by Gasteiger charge is 2.38. The van der Waals surface area contributed by atoms with Gasteiger partial charge in [-0.15, -0.1) is 0 Å². The summed E-state index contributed by atoms with van der Waals surface area (Å²) < 4.78 is 34.0. The summed E-state index contributed by atoms with van der Waals surface area (Å²) in [5, 5.41) is 9.96. The van der Waals surface area contributed by atoms with Gasteiger partial charge in [-0.25, -0.2) is 13.2 Å². The second-order valence-corrected chi connectivity index (χ2v) is 9.84. The molecular weight excluding hydrogens is 398 g/mol. The maximum absolute atomic E-state index is 12.9. The van der Waals surface area contributed by atoms with Crippen LogP contribution in [0.15, 0.2) is 18.2 Å². The van der Waals surface area contributed by atoms with E-state index in [0.29, 0.717) is 12.2 Å². The average Bonchev–Trinajstić information content (AvgIpc) is 3.06. The number of aromatic hydroxyl groups is 1. The predicted molar refractivity (Wildman–Crippen MR) is 106 cm³/mol. The highest BCUT2D eigenvalue weighted by atomic mass is 32.2. The van der Waals surface area contributed by atoms with Crippen LogP contribution >= 0.6 is 0 Å². The van der Waals surface area contributed by atoms with Crippen LogP contribution in [0.25, 0.3) is 0 Å². The van der Waals surface area contributed by atoms with Crippen LogP contribution in [0.2, 0.25) is 0 Å². The van der Waals surface area contributed by atoms with Crippen molar-refractivity contribution in [1.29, 1.82) is 0 Å². The van der Waals surface area contributed by atoms with E-state index in [1.807, 2.05) is 0 Å². The molecule has 3 rings (SSSR count). The first-order chi connectivity index (χ1) is 13.8. The SMILES string of the molecule is COc1ccc(C(=O)OCC(=O)N(C2CCCCC2)[C@H]2CCS(=O)(=O)C2)c(O)c1. The molecule has 0 radical (unpaired) electrons. The lowest BCUT2D eigenvalue weighted by Gasteiger charge is -2.38. The Hall–Kier alpha value is -2.29. The van der Waals surface area contributed by atoms with E-state index < -0.39 is 22.4 Å². The first kappa shape index (κ1) is 21.4. The number of ether oxygens (including phenoxy) is 2. The summed E-state index contributed by atoms with van der Waals surface area (Å²) in [5.74, 6) is -1.08. The van der Waals surface area contributed by atoms with Crippen molar-refractivity contribution in [2.45, 2.75) is 50.6 Å². The molecule has 0 aromatic heterocycles. The predicted octanol–water partition coefficient (Wildman–Crippen LogP) is 1.91. The number of carbonyl (C=O) groups is 2. The minimum absolute atomic E-state index is 0.0253. The Bertz CT molecular complexity index is 862. The number of benzene rings is 1. The van der Waals surface area contributed by atoms with Crippen molar-refractivity contribution < 1.29 is 32.6 Å². The van der Waals surface area contributed by atoms with Crippen LogP contribution in [0.4, 0.5) is 0 Å². The molecule has 2 aliphatic rings. The van der Waals surface area contributed by atoms with Crippen LogP contribution in [0.5, 0.6) is 11.5 Å². The molecule has 160 valence electrons. The fraction of sp³-hybridized carbons (Fsp3) is 0.600. The molecule has 1 N–H and O–H groups in total. The minimum atomic E-state index is -3.15. The van der Waals surface area contributed by atoms with Crippen molar-refractivity contribution in [2.24, 2.45) is 0 Å². The van der Waals surface area contributed by atoms with Gasteiger partial charge in [0, 0.05) is 18.2 Å². The van der Waals surface area contributed by atoms with Gasteiger partial charge >= 0.3 is 5.97 Å². The fourth-order valence-corrected chi connectivity index (χ4v) is 5.86. The molecule has 8 nitrogen and oxygen atoms in total. The van der Waals surface area contributed by atoms with Crippen LogP contribution in [0.1, 0.15) is 48.9 Å². The van der Waals surface area contributed by atoms with Crippen molar-refractivity contribution in [3.05, 3.63) is 23.8 Å². The molecule has 29 heavy (non-hydrogen) atoms. The molecule has 0 unspecified atom stereocenters. The van der Waals surface area contributed by atoms with E-state index in [-0.39, 0.29) is 40.8 Å². The first-order valence-electron chi connectivity index (χ1n) is 9.86. The molecular formula is C20H27NO7S. The zero-order chi connectivity index (χ0) is 21.0. The van der Waals surface area contributed by atoms with Crippen molar-refractivity contribution >= 4 is 21.7 Å². The Morgan fingerprint density at radius 1 is 1.14 bits per heavy atom. The van der Waals surface area contributed by atoms with Gasteiger partial charge in [0.1, 0.15) is 17.1 Å². The van der Waals surface area contributed by atoms with Gasteiger partial charge < -0.3 is 19.5 Å². The first-order valence-corrected chi connectivity index (χ1v) is 11.7. The van der Waals surface area contributed by atoms with E-state index in [1.54, 1.807) is 4.90 Å². The second kappa shape index (κ2) is 9.02. The van der Waals surface area contributed by atoms with E-state index in [4.69, 9.17) is 9.47 Å². The number of amides is 1. The number of methoxy groups -OCH3 is 1. The van der Waals surface area contributed by atoms with Crippen LogP contribution in [0, 0.1) is 0 Å². The number of carbonyl (C=O) groups excluding carboxylic acids is 2. The molecule has 9 heteroatoms. The van der Waals surface area contributed by atoms with Crippen LogP contribution < -0.4 is 4.74 Å². The quantitative estimate of drug-likeness (QED) is 0.693. The highest BCUT2D eigenvalue weighted by molar-refractivity contribution is 7.91. The summed E-state index contributed by atoms with van der Waals surface area (Å²) >= 11 is 0. The summed E-state index contributed by atoms with van der Waals surface area (Å²) in [7, 11) is -1.71. The molecule has 1 heterocycles. The van der Waals surface area contributed by atoms with E-state index in [1.165, 1.54) is 25.3 Å². The number of phenols is 1. The van der Waals surface area contributed by atoms with Gasteiger partial charge in [-0.05, 0) is 31.4 Å². The molecule has 0 spiro atoms. The van der Waals surface area contributed by atoms with Gasteiger partial charge in [0.2, 0.25) is 0 Å². The molecule has 0 bridgehead atoms. The van der Waals surface area contributed by atoms with Gasteiger partial charge in [0.15, 0.2) is 16.4 Å². The van der Waals surface area contributed by atoms with E-state index in [0.717, 1.165) is 32.1 Å². The van der Waals surface area contributed by atoms with Gasteiger partial charge in [-0.2, -0.15) is 0 Å². The number of nitrogens with zero attached hydrogens (tertiary/aromatic N) is 1. The topological polar surface area (TPSA) is 110 Å². The fourth-order valence-electron chi connectivity index (χ4n) is 4.15. The zero-order valence-electron chi connectivity index (χ0n) is 16.5. The number of phenolic OH excluding ortho intramolecular Hbond substituents is 1. The lowest BCUT2D eigenvalue weighted by Crippen LogP contribution is -2.50. The lowest BCUT2D eigenvalue weighted by atomic mass is 9.93. The zero-order valence-corrected chi connectivity index (χ0v) is 17.3. The number of hydrogen-bond donors (Lipinski definition) is 1. The van der Waals surface area contributed by atoms with Crippen LogP contribution in [-0.2, 0) is 19.4 Å². The molecule has 1 atom stereocenters. The minimum Gasteiger partial charge on any atom is -0.507 e. The Morgan fingerprint density at radius 2 is 1.86 bits per heavy atom. The van der Waals surface area contributed by atoms with Crippen LogP contribution in [-0.4, -0.2) is 67.6 Å². The van der Waals surface area contributed by atoms with Crippen molar-refractivity contribution in [3.63, 3.8) is 0 Å². The third-order valence-corrected chi connectivity index (χ3v) is 7.36. The van der Waals surface area contributed by atoms with Gasteiger partial charge in [-0.1, -0.05) is 19.3 Å². The highest BCUT2D eigenvalue weighted by Crippen LogP contribution is 2.29. The number of sulfone groups is 1. The van der Waals surface area contributed by atoms with E-state index >= 15 is 0 Å². The molecule has 1 aliphatic carbocycles. The standard InChI is InChI=1S/C20H27NO7S/c1-27-16-7-8-17(18(22)11-16)20(24)28-12-19(23)21(14-5-3-2-4-6-14)15-9-10-29(25,26)13-15/h7-8,11,14-15,22H,2-6,9-10,12-13H2,1H3/t15-/m0/s1. The third-order valence-electron chi connectivity index (χ3n) is 5.61.